The quantitative estimate of drug-likeness (QED) is 0.624. The molecule has 1 N–H and O–H groups in total. The Labute approximate surface area is 133 Å². The second kappa shape index (κ2) is 5.53. The predicted molar refractivity (Wildman–Crippen MR) is 90.7 cm³/mol. The molecular formula is C18H15N5. The molecule has 0 saturated heterocycles. The fourth-order valence-electron chi connectivity index (χ4n) is 2.58. The molecule has 0 spiro atoms. The minimum Gasteiger partial charge on any atom is -0.338 e. The molecule has 0 atom stereocenters. The van der Waals surface area contributed by atoms with Gasteiger partial charge in [0.05, 0.1) is 0 Å². The number of benzene rings is 1. The monoisotopic (exact) mass is 301 g/mol. The first-order chi connectivity index (χ1) is 11.3. The number of hydrogen-bond donors (Lipinski definition) is 1. The van der Waals surface area contributed by atoms with Crippen LogP contribution in [0.25, 0.3) is 16.6 Å². The lowest BCUT2D eigenvalue weighted by Crippen LogP contribution is -1.99. The van der Waals surface area contributed by atoms with Gasteiger partial charge >= 0.3 is 0 Å². The van der Waals surface area contributed by atoms with E-state index < -0.39 is 0 Å². The first kappa shape index (κ1) is 13.5. The number of anilines is 2. The maximum Gasteiger partial charge on any atom is 0.158 e. The van der Waals surface area contributed by atoms with Gasteiger partial charge in [-0.05, 0) is 30.7 Å². The normalized spacial score (nSPS) is 10.8. The zero-order valence-electron chi connectivity index (χ0n) is 12.6. The standard InChI is InChI=1S/C18H15N5/c1-13-3-2-4-14(9-13)15-10-17-18(20-12-21-23(17)11-15)22-16-5-7-19-8-6-16/h2-12H,1H3,(H,19,20,21,22). The van der Waals surface area contributed by atoms with E-state index in [2.05, 4.69) is 57.6 Å². The van der Waals surface area contributed by atoms with Gasteiger partial charge in [-0.15, -0.1) is 0 Å². The van der Waals surface area contributed by atoms with Crippen molar-refractivity contribution in [2.75, 3.05) is 5.32 Å². The number of pyridine rings is 1. The van der Waals surface area contributed by atoms with Crippen molar-refractivity contribution < 1.29 is 0 Å². The van der Waals surface area contributed by atoms with E-state index in [1.54, 1.807) is 18.7 Å². The van der Waals surface area contributed by atoms with E-state index in [9.17, 15) is 0 Å². The Balaban J connectivity index is 1.78. The second-order valence-corrected chi connectivity index (χ2v) is 5.40. The van der Waals surface area contributed by atoms with Crippen LogP contribution < -0.4 is 5.32 Å². The highest BCUT2D eigenvalue weighted by Crippen LogP contribution is 2.26. The summed E-state index contributed by atoms with van der Waals surface area (Å²) < 4.78 is 1.84. The van der Waals surface area contributed by atoms with Crippen molar-refractivity contribution in [3.63, 3.8) is 0 Å². The lowest BCUT2D eigenvalue weighted by Gasteiger charge is -2.05. The Kier molecular flexibility index (Phi) is 3.24. The van der Waals surface area contributed by atoms with E-state index >= 15 is 0 Å². The van der Waals surface area contributed by atoms with Gasteiger partial charge in [0.15, 0.2) is 5.82 Å². The van der Waals surface area contributed by atoms with Crippen molar-refractivity contribution in [3.8, 4) is 11.1 Å². The molecule has 4 aromatic rings. The average Bonchev–Trinajstić information content (AvgIpc) is 3.01. The van der Waals surface area contributed by atoms with Gasteiger partial charge in [0, 0.05) is 29.8 Å². The van der Waals surface area contributed by atoms with Crippen LogP contribution in [0.1, 0.15) is 5.56 Å². The fraction of sp³-hybridized carbons (Fsp3) is 0.0556. The van der Waals surface area contributed by atoms with Crippen LogP contribution in [0, 0.1) is 6.92 Å². The zero-order chi connectivity index (χ0) is 15.6. The molecule has 0 aliphatic rings. The van der Waals surface area contributed by atoms with E-state index in [1.165, 1.54) is 11.1 Å². The lowest BCUT2D eigenvalue weighted by molar-refractivity contribution is 0.907. The molecule has 0 saturated carbocycles. The third kappa shape index (κ3) is 2.64. The molecule has 0 unspecified atom stereocenters. The number of hydrogen-bond acceptors (Lipinski definition) is 4. The first-order valence-electron chi connectivity index (χ1n) is 7.37. The molecule has 23 heavy (non-hydrogen) atoms. The smallest absolute Gasteiger partial charge is 0.158 e. The number of nitrogens with zero attached hydrogens (tertiary/aromatic N) is 4. The summed E-state index contributed by atoms with van der Waals surface area (Å²) in [4.78, 5) is 8.39. The van der Waals surface area contributed by atoms with Gasteiger partial charge in [-0.1, -0.05) is 29.8 Å². The Bertz CT molecular complexity index is 959. The molecule has 0 radical (unpaired) electrons. The zero-order valence-corrected chi connectivity index (χ0v) is 12.6. The van der Waals surface area contributed by atoms with Gasteiger partial charge in [0.1, 0.15) is 11.8 Å². The minimum absolute atomic E-state index is 0.769. The SMILES string of the molecule is Cc1cccc(-c2cc3c(Nc4ccncc4)ncnn3c2)c1. The molecule has 0 aliphatic heterocycles. The summed E-state index contributed by atoms with van der Waals surface area (Å²) in [7, 11) is 0. The van der Waals surface area contributed by atoms with Gasteiger partial charge in [-0.3, -0.25) is 4.98 Å². The molecule has 112 valence electrons. The third-order valence-electron chi connectivity index (χ3n) is 3.70. The second-order valence-electron chi connectivity index (χ2n) is 5.40. The maximum absolute atomic E-state index is 4.36. The topological polar surface area (TPSA) is 55.1 Å². The van der Waals surface area contributed by atoms with Gasteiger partial charge < -0.3 is 5.32 Å². The highest BCUT2D eigenvalue weighted by molar-refractivity contribution is 5.79. The number of aryl methyl sites for hydroxylation is 1. The largest absolute Gasteiger partial charge is 0.338 e. The van der Waals surface area contributed by atoms with Crippen LogP contribution in [0.5, 0.6) is 0 Å². The summed E-state index contributed by atoms with van der Waals surface area (Å²) in [6.07, 6.45) is 7.06. The van der Waals surface area contributed by atoms with Gasteiger partial charge in [0.25, 0.3) is 0 Å². The van der Waals surface area contributed by atoms with Crippen molar-refractivity contribution in [2.24, 2.45) is 0 Å². The Morgan fingerprint density at radius 1 is 1.00 bits per heavy atom. The van der Waals surface area contributed by atoms with E-state index in [1.807, 2.05) is 22.8 Å². The summed E-state index contributed by atoms with van der Waals surface area (Å²) in [5.41, 5.74) is 5.40. The summed E-state index contributed by atoms with van der Waals surface area (Å²) >= 11 is 0. The number of aromatic nitrogens is 4. The highest BCUT2D eigenvalue weighted by atomic mass is 15.2. The van der Waals surface area contributed by atoms with Gasteiger partial charge in [0.2, 0.25) is 0 Å². The molecule has 0 amide bonds. The maximum atomic E-state index is 4.36. The van der Waals surface area contributed by atoms with Gasteiger partial charge in [-0.25, -0.2) is 9.50 Å². The van der Waals surface area contributed by atoms with Crippen LogP contribution in [0.3, 0.4) is 0 Å². The Hall–Kier alpha value is -3.21. The Morgan fingerprint density at radius 2 is 1.87 bits per heavy atom. The van der Waals surface area contributed by atoms with Crippen molar-refractivity contribution >= 4 is 17.0 Å². The van der Waals surface area contributed by atoms with Crippen molar-refractivity contribution in [3.05, 3.63) is 72.9 Å². The predicted octanol–water partition coefficient (Wildman–Crippen LogP) is 3.84. The van der Waals surface area contributed by atoms with Crippen LogP contribution in [-0.4, -0.2) is 19.6 Å². The minimum atomic E-state index is 0.769. The first-order valence-corrected chi connectivity index (χ1v) is 7.37. The number of nitrogens with one attached hydrogen (secondary N) is 1. The van der Waals surface area contributed by atoms with E-state index in [4.69, 9.17) is 0 Å². The van der Waals surface area contributed by atoms with Gasteiger partial charge in [-0.2, -0.15) is 5.10 Å². The summed E-state index contributed by atoms with van der Waals surface area (Å²) in [5, 5.41) is 7.62. The van der Waals surface area contributed by atoms with Crippen molar-refractivity contribution in [1.29, 1.82) is 0 Å². The van der Waals surface area contributed by atoms with Crippen LogP contribution in [-0.2, 0) is 0 Å². The fourth-order valence-corrected chi connectivity index (χ4v) is 2.58. The molecule has 5 heteroatoms. The summed E-state index contributed by atoms with van der Waals surface area (Å²) in [5.74, 6) is 0.769. The van der Waals surface area contributed by atoms with E-state index in [0.717, 1.165) is 22.6 Å². The molecule has 4 rings (SSSR count). The lowest BCUT2D eigenvalue weighted by atomic mass is 10.1. The molecule has 0 fully saturated rings. The highest BCUT2D eigenvalue weighted by Gasteiger charge is 2.08. The molecule has 0 bridgehead atoms. The summed E-state index contributed by atoms with van der Waals surface area (Å²) in [6, 6.07) is 14.3. The molecular weight excluding hydrogens is 286 g/mol. The van der Waals surface area contributed by atoms with Crippen LogP contribution in [0.15, 0.2) is 67.4 Å². The van der Waals surface area contributed by atoms with Crippen molar-refractivity contribution in [2.45, 2.75) is 6.92 Å². The van der Waals surface area contributed by atoms with Crippen LogP contribution >= 0.6 is 0 Å². The van der Waals surface area contributed by atoms with Crippen LogP contribution in [0.4, 0.5) is 11.5 Å². The van der Waals surface area contributed by atoms with E-state index in [0.29, 0.717) is 0 Å². The van der Waals surface area contributed by atoms with Crippen molar-refractivity contribution in [1.82, 2.24) is 19.6 Å². The summed E-state index contributed by atoms with van der Waals surface area (Å²) in [6.45, 7) is 2.09. The average molecular weight is 301 g/mol. The number of fused-ring (bicyclic) bond motifs is 1. The molecule has 3 heterocycles. The Morgan fingerprint density at radius 3 is 2.70 bits per heavy atom. The molecule has 1 aromatic carbocycles. The molecule has 3 aromatic heterocycles. The molecule has 0 aliphatic carbocycles. The third-order valence-corrected chi connectivity index (χ3v) is 3.70. The van der Waals surface area contributed by atoms with Crippen LogP contribution in [0.2, 0.25) is 0 Å². The molecule has 5 nitrogen and oxygen atoms in total. The van der Waals surface area contributed by atoms with E-state index in [-0.39, 0.29) is 0 Å². The number of rotatable bonds is 3.